The molecule has 4 heteroatoms. The van der Waals surface area contributed by atoms with Crippen LogP contribution in [0.2, 0.25) is 0 Å². The molecule has 114 valence electrons. The van der Waals surface area contributed by atoms with Crippen LogP contribution in [0.3, 0.4) is 0 Å². The number of benzene rings is 1. The van der Waals surface area contributed by atoms with E-state index in [0.717, 1.165) is 11.9 Å². The molecular formula is C17H24N2O2. The van der Waals surface area contributed by atoms with Gasteiger partial charge in [-0.2, -0.15) is 0 Å². The molecule has 0 aliphatic heterocycles. The van der Waals surface area contributed by atoms with Gasteiger partial charge in [0.15, 0.2) is 0 Å². The molecule has 2 rings (SSSR count). The van der Waals surface area contributed by atoms with Crippen LogP contribution in [0.5, 0.6) is 5.88 Å². The number of hydrogen-bond acceptors (Lipinski definition) is 4. The Kier molecular flexibility index (Phi) is 5.15. The van der Waals surface area contributed by atoms with E-state index in [-0.39, 0.29) is 5.60 Å². The second-order valence-electron chi connectivity index (χ2n) is 5.97. The van der Waals surface area contributed by atoms with Gasteiger partial charge in [0, 0.05) is 18.1 Å². The fourth-order valence-corrected chi connectivity index (χ4v) is 2.16. The molecule has 0 bridgehead atoms. The normalized spacial score (nSPS) is 11.8. The van der Waals surface area contributed by atoms with Gasteiger partial charge in [-0.05, 0) is 44.8 Å². The first-order chi connectivity index (χ1) is 10.0. The van der Waals surface area contributed by atoms with Crippen molar-refractivity contribution in [3.63, 3.8) is 0 Å². The van der Waals surface area contributed by atoms with E-state index in [2.05, 4.69) is 16.4 Å². The van der Waals surface area contributed by atoms with Gasteiger partial charge in [0.05, 0.1) is 12.2 Å². The topological polar surface area (TPSA) is 43.4 Å². The van der Waals surface area contributed by atoms with E-state index in [1.54, 1.807) is 0 Å². The largest absolute Gasteiger partial charge is 0.475 e. The summed E-state index contributed by atoms with van der Waals surface area (Å²) >= 11 is 0. The number of pyridine rings is 1. The predicted molar refractivity (Wildman–Crippen MR) is 85.7 cm³/mol. The predicted octanol–water partition coefficient (Wildman–Crippen LogP) is 3.15. The van der Waals surface area contributed by atoms with Gasteiger partial charge >= 0.3 is 0 Å². The number of aromatic nitrogens is 1. The minimum atomic E-state index is -0.143. The molecule has 0 saturated heterocycles. The van der Waals surface area contributed by atoms with E-state index in [1.807, 2.05) is 52.2 Å². The van der Waals surface area contributed by atoms with Crippen molar-refractivity contribution < 1.29 is 9.47 Å². The smallest absolute Gasteiger partial charge is 0.221 e. The molecule has 0 atom stereocenters. The van der Waals surface area contributed by atoms with Gasteiger partial charge in [-0.1, -0.05) is 18.2 Å². The SMILES string of the molecule is CNCc1cnc(OCCOC(C)(C)C)c2ccccc12. The Morgan fingerprint density at radius 2 is 1.81 bits per heavy atom. The van der Waals surface area contributed by atoms with Gasteiger partial charge in [0.2, 0.25) is 5.88 Å². The Morgan fingerprint density at radius 3 is 2.48 bits per heavy atom. The highest BCUT2D eigenvalue weighted by molar-refractivity contribution is 5.89. The van der Waals surface area contributed by atoms with Crippen molar-refractivity contribution in [3.05, 3.63) is 36.0 Å². The number of nitrogens with one attached hydrogen (secondary N) is 1. The Hall–Kier alpha value is -1.65. The van der Waals surface area contributed by atoms with Gasteiger partial charge < -0.3 is 14.8 Å². The van der Waals surface area contributed by atoms with Gasteiger partial charge in [-0.3, -0.25) is 0 Å². The summed E-state index contributed by atoms with van der Waals surface area (Å²) in [4.78, 5) is 4.44. The molecule has 4 nitrogen and oxygen atoms in total. The van der Waals surface area contributed by atoms with E-state index in [9.17, 15) is 0 Å². The number of rotatable bonds is 6. The Morgan fingerprint density at radius 1 is 1.10 bits per heavy atom. The summed E-state index contributed by atoms with van der Waals surface area (Å²) in [6.45, 7) is 7.95. The molecule has 1 aromatic heterocycles. The van der Waals surface area contributed by atoms with Crippen molar-refractivity contribution in [3.8, 4) is 5.88 Å². The van der Waals surface area contributed by atoms with Crippen LogP contribution < -0.4 is 10.1 Å². The van der Waals surface area contributed by atoms with Crippen molar-refractivity contribution >= 4 is 10.8 Å². The average Bonchev–Trinajstić information content (AvgIpc) is 2.44. The zero-order valence-electron chi connectivity index (χ0n) is 13.3. The third-order valence-electron chi connectivity index (χ3n) is 3.07. The Labute approximate surface area is 126 Å². The lowest BCUT2D eigenvalue weighted by Gasteiger charge is -2.19. The Balaban J connectivity index is 2.12. The fourth-order valence-electron chi connectivity index (χ4n) is 2.16. The molecule has 0 spiro atoms. The highest BCUT2D eigenvalue weighted by Gasteiger charge is 2.11. The van der Waals surface area contributed by atoms with Gasteiger partial charge in [-0.25, -0.2) is 4.98 Å². The standard InChI is InChI=1S/C17H24N2O2/c1-17(2,3)21-10-9-20-16-15-8-6-5-7-14(15)13(11-18-4)12-19-16/h5-8,12,18H,9-11H2,1-4H3. The third-order valence-corrected chi connectivity index (χ3v) is 3.07. The molecule has 1 aromatic carbocycles. The van der Waals surface area contributed by atoms with E-state index in [0.29, 0.717) is 19.1 Å². The number of hydrogen-bond donors (Lipinski definition) is 1. The van der Waals surface area contributed by atoms with E-state index < -0.39 is 0 Å². The lowest BCUT2D eigenvalue weighted by atomic mass is 10.1. The van der Waals surface area contributed by atoms with E-state index >= 15 is 0 Å². The van der Waals surface area contributed by atoms with Crippen molar-refractivity contribution in [2.75, 3.05) is 20.3 Å². The third kappa shape index (κ3) is 4.41. The molecule has 0 saturated carbocycles. The maximum atomic E-state index is 5.79. The molecule has 21 heavy (non-hydrogen) atoms. The minimum Gasteiger partial charge on any atom is -0.475 e. The van der Waals surface area contributed by atoms with Crippen LogP contribution in [0.25, 0.3) is 10.8 Å². The first-order valence-corrected chi connectivity index (χ1v) is 7.29. The first kappa shape index (κ1) is 15.7. The average molecular weight is 288 g/mol. The molecule has 0 amide bonds. The molecule has 0 aliphatic carbocycles. The quantitative estimate of drug-likeness (QED) is 0.829. The van der Waals surface area contributed by atoms with Crippen molar-refractivity contribution in [1.82, 2.24) is 10.3 Å². The van der Waals surface area contributed by atoms with E-state index in [1.165, 1.54) is 10.9 Å². The molecular weight excluding hydrogens is 264 g/mol. The summed E-state index contributed by atoms with van der Waals surface area (Å²) in [5, 5.41) is 5.38. The lowest BCUT2D eigenvalue weighted by molar-refractivity contribution is -0.0166. The molecule has 0 aliphatic rings. The van der Waals surface area contributed by atoms with Crippen LogP contribution in [0.15, 0.2) is 30.5 Å². The van der Waals surface area contributed by atoms with Gasteiger partial charge in [0.1, 0.15) is 6.61 Å². The highest BCUT2D eigenvalue weighted by atomic mass is 16.5. The summed E-state index contributed by atoms with van der Waals surface area (Å²) in [5.74, 6) is 0.669. The first-order valence-electron chi connectivity index (χ1n) is 7.29. The summed E-state index contributed by atoms with van der Waals surface area (Å²) in [6, 6.07) is 8.18. The van der Waals surface area contributed by atoms with E-state index in [4.69, 9.17) is 9.47 Å². The molecule has 0 fully saturated rings. The van der Waals surface area contributed by atoms with Crippen LogP contribution >= 0.6 is 0 Å². The summed E-state index contributed by atoms with van der Waals surface area (Å²) in [5.41, 5.74) is 1.03. The zero-order valence-corrected chi connectivity index (χ0v) is 13.3. The summed E-state index contributed by atoms with van der Waals surface area (Å²) < 4.78 is 11.5. The van der Waals surface area contributed by atoms with Crippen LogP contribution in [0.1, 0.15) is 26.3 Å². The summed E-state index contributed by atoms with van der Waals surface area (Å²) in [6.07, 6.45) is 1.87. The monoisotopic (exact) mass is 288 g/mol. The molecule has 1 N–H and O–H groups in total. The molecule has 0 radical (unpaired) electrons. The van der Waals surface area contributed by atoms with Crippen molar-refractivity contribution in [2.45, 2.75) is 32.9 Å². The van der Waals surface area contributed by atoms with Crippen LogP contribution in [-0.4, -0.2) is 30.8 Å². The van der Waals surface area contributed by atoms with Crippen molar-refractivity contribution in [1.29, 1.82) is 0 Å². The Bertz CT molecular complexity index is 591. The van der Waals surface area contributed by atoms with Crippen LogP contribution in [0.4, 0.5) is 0 Å². The lowest BCUT2D eigenvalue weighted by Crippen LogP contribution is -2.22. The summed E-state index contributed by atoms with van der Waals surface area (Å²) in [7, 11) is 1.93. The maximum absolute atomic E-state index is 5.79. The number of nitrogens with zero attached hydrogens (tertiary/aromatic N) is 1. The second-order valence-corrected chi connectivity index (χ2v) is 5.97. The minimum absolute atomic E-state index is 0.143. The number of ether oxygens (including phenoxy) is 2. The molecule has 2 aromatic rings. The zero-order chi connectivity index (χ0) is 15.3. The van der Waals surface area contributed by atoms with Gasteiger partial charge in [0.25, 0.3) is 0 Å². The second kappa shape index (κ2) is 6.87. The van der Waals surface area contributed by atoms with Crippen molar-refractivity contribution in [2.24, 2.45) is 0 Å². The fraction of sp³-hybridized carbons (Fsp3) is 0.471. The highest BCUT2D eigenvalue weighted by Crippen LogP contribution is 2.26. The maximum Gasteiger partial charge on any atom is 0.221 e. The van der Waals surface area contributed by atoms with Crippen LogP contribution in [0, 0.1) is 0 Å². The van der Waals surface area contributed by atoms with Gasteiger partial charge in [-0.15, -0.1) is 0 Å². The number of fused-ring (bicyclic) bond motifs is 1. The molecule has 0 unspecified atom stereocenters. The van der Waals surface area contributed by atoms with Crippen LogP contribution in [-0.2, 0) is 11.3 Å². The molecule has 1 heterocycles.